The fourth-order valence-electron chi connectivity index (χ4n) is 3.47. The van der Waals surface area contributed by atoms with Crippen molar-refractivity contribution in [2.24, 2.45) is 0 Å². The summed E-state index contributed by atoms with van der Waals surface area (Å²) in [7, 11) is 1.64. The highest BCUT2D eigenvalue weighted by Crippen LogP contribution is 2.26. The van der Waals surface area contributed by atoms with Crippen molar-refractivity contribution in [1.29, 1.82) is 0 Å². The van der Waals surface area contributed by atoms with Gasteiger partial charge in [0.25, 0.3) is 0 Å². The zero-order valence-electron chi connectivity index (χ0n) is 19.2. The van der Waals surface area contributed by atoms with Crippen LogP contribution in [0.25, 0.3) is 6.08 Å². The van der Waals surface area contributed by atoms with E-state index in [-0.39, 0.29) is 17.4 Å². The van der Waals surface area contributed by atoms with Crippen LogP contribution in [0, 0.1) is 0 Å². The molecule has 0 aliphatic heterocycles. The first-order valence-electron chi connectivity index (χ1n) is 10.7. The minimum absolute atomic E-state index is 0.0886. The van der Waals surface area contributed by atoms with Gasteiger partial charge < -0.3 is 10.1 Å². The summed E-state index contributed by atoms with van der Waals surface area (Å²) in [6, 6.07) is 16.6. The second-order valence-electron chi connectivity index (χ2n) is 8.46. The van der Waals surface area contributed by atoms with E-state index in [9.17, 15) is 4.79 Å². The lowest BCUT2D eigenvalue weighted by molar-refractivity contribution is -0.116. The summed E-state index contributed by atoms with van der Waals surface area (Å²) >= 11 is 0. The van der Waals surface area contributed by atoms with Crippen molar-refractivity contribution in [3.05, 3.63) is 71.3 Å². The maximum absolute atomic E-state index is 12.4. The van der Waals surface area contributed by atoms with Crippen molar-refractivity contribution in [1.82, 2.24) is 10.2 Å². The Labute approximate surface area is 181 Å². The molecule has 0 saturated heterocycles. The first-order chi connectivity index (χ1) is 14.3. The third-order valence-electron chi connectivity index (χ3n) is 5.43. The van der Waals surface area contributed by atoms with Gasteiger partial charge in [0.15, 0.2) is 0 Å². The summed E-state index contributed by atoms with van der Waals surface area (Å²) in [5, 5.41) is 3.08. The average Bonchev–Trinajstić information content (AvgIpc) is 2.75. The molecule has 0 fully saturated rings. The third kappa shape index (κ3) is 6.74. The van der Waals surface area contributed by atoms with Crippen LogP contribution in [0.1, 0.15) is 57.4 Å². The number of benzene rings is 2. The van der Waals surface area contributed by atoms with Crippen LogP contribution in [0.5, 0.6) is 5.75 Å². The first-order valence-corrected chi connectivity index (χ1v) is 10.7. The molecule has 1 unspecified atom stereocenters. The van der Waals surface area contributed by atoms with Gasteiger partial charge >= 0.3 is 0 Å². The van der Waals surface area contributed by atoms with Crippen LogP contribution < -0.4 is 10.1 Å². The number of rotatable bonds is 9. The summed E-state index contributed by atoms with van der Waals surface area (Å²) in [5.41, 5.74) is 3.63. The zero-order valence-corrected chi connectivity index (χ0v) is 19.2. The van der Waals surface area contributed by atoms with Gasteiger partial charge in [-0.3, -0.25) is 9.69 Å². The van der Waals surface area contributed by atoms with Gasteiger partial charge in [0.1, 0.15) is 5.75 Å². The molecule has 30 heavy (non-hydrogen) atoms. The van der Waals surface area contributed by atoms with Crippen molar-refractivity contribution in [3.63, 3.8) is 0 Å². The fourth-order valence-corrected chi connectivity index (χ4v) is 3.47. The molecule has 4 heteroatoms. The Morgan fingerprint density at radius 3 is 2.13 bits per heavy atom. The van der Waals surface area contributed by atoms with Gasteiger partial charge in [-0.2, -0.15) is 0 Å². The molecule has 1 amide bonds. The zero-order chi connectivity index (χ0) is 22.1. The molecular weight excluding hydrogens is 372 g/mol. The molecule has 162 valence electrons. The number of hydrogen-bond donors (Lipinski definition) is 1. The quantitative estimate of drug-likeness (QED) is 0.580. The largest absolute Gasteiger partial charge is 0.497 e. The Morgan fingerprint density at radius 1 is 1.03 bits per heavy atom. The molecule has 0 spiro atoms. The Kier molecular flexibility index (Phi) is 8.67. The van der Waals surface area contributed by atoms with Gasteiger partial charge in [0.2, 0.25) is 5.91 Å². The molecular formula is C26H36N2O2. The van der Waals surface area contributed by atoms with Gasteiger partial charge in [-0.25, -0.2) is 0 Å². The molecule has 4 nitrogen and oxygen atoms in total. The van der Waals surface area contributed by atoms with Crippen LogP contribution in [0.3, 0.4) is 0 Å². The second kappa shape index (κ2) is 11.0. The molecule has 2 rings (SSSR count). The molecule has 1 N–H and O–H groups in total. The molecule has 0 saturated carbocycles. The van der Waals surface area contributed by atoms with Crippen molar-refractivity contribution in [2.45, 2.75) is 46.1 Å². The summed E-state index contributed by atoms with van der Waals surface area (Å²) in [6.07, 6.45) is 3.41. The predicted molar refractivity (Wildman–Crippen MR) is 126 cm³/mol. The number of carbonyl (C=O) groups excluding carboxylic acids is 1. The molecule has 0 aromatic heterocycles. The Bertz CT molecular complexity index is 814. The molecule has 0 aliphatic carbocycles. The average molecular weight is 409 g/mol. The highest BCUT2D eigenvalue weighted by molar-refractivity contribution is 5.91. The first kappa shape index (κ1) is 23.7. The molecule has 2 aromatic carbocycles. The lowest BCUT2D eigenvalue weighted by atomic mass is 9.86. The fraction of sp³-hybridized carbons (Fsp3) is 0.423. The Morgan fingerprint density at radius 2 is 1.63 bits per heavy atom. The molecule has 0 aliphatic rings. The van der Waals surface area contributed by atoms with Crippen LogP contribution >= 0.6 is 0 Å². The number of nitrogens with one attached hydrogen (secondary N) is 1. The highest BCUT2D eigenvalue weighted by atomic mass is 16.5. The van der Waals surface area contributed by atoms with E-state index in [1.807, 2.05) is 30.3 Å². The van der Waals surface area contributed by atoms with E-state index in [2.05, 4.69) is 69.1 Å². The summed E-state index contributed by atoms with van der Waals surface area (Å²) in [6.45, 7) is 13.4. The van der Waals surface area contributed by atoms with E-state index in [4.69, 9.17) is 4.74 Å². The normalized spacial score (nSPS) is 12.9. The minimum Gasteiger partial charge on any atom is -0.497 e. The number of carbonyl (C=O) groups is 1. The number of amides is 1. The maximum Gasteiger partial charge on any atom is 0.244 e. The van der Waals surface area contributed by atoms with Crippen molar-refractivity contribution in [2.75, 3.05) is 26.7 Å². The molecule has 0 bridgehead atoms. The number of likely N-dealkylation sites (N-methyl/N-ethyl adjacent to an activating group) is 1. The van der Waals surface area contributed by atoms with Crippen LogP contribution in [-0.4, -0.2) is 37.6 Å². The van der Waals surface area contributed by atoms with E-state index in [1.165, 1.54) is 11.1 Å². The highest BCUT2D eigenvalue weighted by Gasteiger charge is 2.20. The second-order valence-corrected chi connectivity index (χ2v) is 8.46. The Balaban J connectivity index is 2.07. The number of ether oxygens (including phenoxy) is 1. The van der Waals surface area contributed by atoms with E-state index >= 15 is 0 Å². The number of hydrogen-bond acceptors (Lipinski definition) is 3. The minimum atomic E-state index is -0.0886. The Hall–Kier alpha value is -2.59. The van der Waals surface area contributed by atoms with Gasteiger partial charge in [-0.15, -0.1) is 0 Å². The molecule has 2 aromatic rings. The standard InChI is InChI=1S/C26H36N2O2/c1-7-28(8-2)24(21-12-14-22(15-13-21)26(3,4)5)19-27-25(29)18-11-20-9-16-23(30-6)17-10-20/h9-18,24H,7-8,19H2,1-6H3,(H,27,29). The van der Waals surface area contributed by atoms with E-state index in [0.717, 1.165) is 24.4 Å². The van der Waals surface area contributed by atoms with Gasteiger partial charge in [0.05, 0.1) is 13.2 Å². The summed E-state index contributed by atoms with van der Waals surface area (Å²) in [4.78, 5) is 14.8. The van der Waals surface area contributed by atoms with E-state index in [0.29, 0.717) is 6.54 Å². The van der Waals surface area contributed by atoms with Crippen LogP contribution in [0.15, 0.2) is 54.6 Å². The monoisotopic (exact) mass is 408 g/mol. The van der Waals surface area contributed by atoms with Crippen molar-refractivity contribution >= 4 is 12.0 Å². The molecule has 0 heterocycles. The SMILES string of the molecule is CCN(CC)C(CNC(=O)C=Cc1ccc(OC)cc1)c1ccc(C(C)(C)C)cc1. The third-order valence-corrected chi connectivity index (χ3v) is 5.43. The van der Waals surface area contributed by atoms with Crippen LogP contribution in [0.4, 0.5) is 0 Å². The summed E-state index contributed by atoms with van der Waals surface area (Å²) < 4.78 is 5.16. The van der Waals surface area contributed by atoms with Crippen molar-refractivity contribution < 1.29 is 9.53 Å². The van der Waals surface area contributed by atoms with Gasteiger partial charge in [0, 0.05) is 12.6 Å². The predicted octanol–water partition coefficient (Wildman–Crippen LogP) is 5.21. The number of methoxy groups -OCH3 is 1. The molecule has 1 atom stereocenters. The topological polar surface area (TPSA) is 41.6 Å². The van der Waals surface area contributed by atoms with Gasteiger partial charge in [-0.1, -0.05) is 71.0 Å². The van der Waals surface area contributed by atoms with Crippen LogP contribution in [-0.2, 0) is 10.2 Å². The van der Waals surface area contributed by atoms with Crippen LogP contribution in [0.2, 0.25) is 0 Å². The maximum atomic E-state index is 12.4. The summed E-state index contributed by atoms with van der Waals surface area (Å²) in [5.74, 6) is 0.713. The smallest absolute Gasteiger partial charge is 0.244 e. The lowest BCUT2D eigenvalue weighted by Gasteiger charge is -2.30. The van der Waals surface area contributed by atoms with Gasteiger partial charge in [-0.05, 0) is 53.4 Å². The van der Waals surface area contributed by atoms with E-state index < -0.39 is 0 Å². The van der Waals surface area contributed by atoms with Crippen molar-refractivity contribution in [3.8, 4) is 5.75 Å². The molecule has 0 radical (unpaired) electrons. The lowest BCUT2D eigenvalue weighted by Crippen LogP contribution is -2.37. The number of nitrogens with zero attached hydrogens (tertiary/aromatic N) is 1. The van der Waals surface area contributed by atoms with E-state index in [1.54, 1.807) is 13.2 Å².